The molecule has 0 fully saturated rings. The van der Waals surface area contributed by atoms with E-state index < -0.39 is 0 Å². The van der Waals surface area contributed by atoms with Gasteiger partial charge in [-0.25, -0.2) is 0 Å². The van der Waals surface area contributed by atoms with Crippen molar-refractivity contribution in [3.8, 4) is 5.75 Å². The van der Waals surface area contributed by atoms with Gasteiger partial charge in [0.2, 0.25) is 0 Å². The third kappa shape index (κ3) is 5.24. The maximum Gasteiger partial charge on any atom is 0.119 e. The molecule has 2 aromatic rings. The summed E-state index contributed by atoms with van der Waals surface area (Å²) in [4.78, 5) is 2.22. The lowest BCUT2D eigenvalue weighted by molar-refractivity contribution is 0.305. The van der Waals surface area contributed by atoms with Gasteiger partial charge >= 0.3 is 0 Å². The van der Waals surface area contributed by atoms with Gasteiger partial charge in [-0.3, -0.25) is 0 Å². The van der Waals surface area contributed by atoms with Crippen LogP contribution in [0.25, 0.3) is 0 Å². The predicted octanol–water partition coefficient (Wildman–Crippen LogP) is 4.07. The van der Waals surface area contributed by atoms with Gasteiger partial charge in [-0.1, -0.05) is 36.4 Å². The van der Waals surface area contributed by atoms with Crippen LogP contribution in [0, 0.1) is 6.92 Å². The molecule has 0 unspecified atom stereocenters. The van der Waals surface area contributed by atoms with Crippen molar-refractivity contribution in [3.05, 3.63) is 65.2 Å². The second kappa shape index (κ2) is 7.84. The first-order valence-corrected chi connectivity index (χ1v) is 7.56. The molecule has 0 bridgehead atoms. The van der Waals surface area contributed by atoms with Gasteiger partial charge in [-0.15, -0.1) is 0 Å². The Bertz CT molecular complexity index is 546. The predicted molar refractivity (Wildman–Crippen MR) is 88.8 cm³/mol. The molecular formula is C19H25NO. The quantitative estimate of drug-likeness (QED) is 0.759. The van der Waals surface area contributed by atoms with Crippen LogP contribution in [0.1, 0.15) is 23.1 Å². The first-order chi connectivity index (χ1) is 10.1. The summed E-state index contributed by atoms with van der Waals surface area (Å²) < 4.78 is 5.86. The molecule has 0 radical (unpaired) electrons. The fourth-order valence-electron chi connectivity index (χ4n) is 2.28. The van der Waals surface area contributed by atoms with Crippen LogP contribution in [0.3, 0.4) is 0 Å². The van der Waals surface area contributed by atoms with Crippen molar-refractivity contribution in [3.63, 3.8) is 0 Å². The monoisotopic (exact) mass is 283 g/mol. The lowest BCUT2D eigenvalue weighted by Crippen LogP contribution is -2.13. The van der Waals surface area contributed by atoms with Gasteiger partial charge in [-0.2, -0.15) is 0 Å². The number of hydrogen-bond donors (Lipinski definition) is 0. The second-order valence-electron chi connectivity index (χ2n) is 5.77. The van der Waals surface area contributed by atoms with Crippen LogP contribution in [0.15, 0.2) is 48.5 Å². The van der Waals surface area contributed by atoms with Crippen molar-refractivity contribution in [1.82, 2.24) is 4.90 Å². The molecule has 2 nitrogen and oxygen atoms in total. The molecule has 0 aliphatic heterocycles. The summed E-state index contributed by atoms with van der Waals surface area (Å²) in [6.45, 7) is 3.88. The minimum Gasteiger partial charge on any atom is -0.489 e. The zero-order valence-electron chi connectivity index (χ0n) is 13.3. The molecule has 0 amide bonds. The van der Waals surface area contributed by atoms with E-state index in [1.165, 1.54) is 23.1 Å². The van der Waals surface area contributed by atoms with Gasteiger partial charge in [0, 0.05) is 0 Å². The average molecular weight is 283 g/mol. The molecule has 2 heteroatoms. The number of hydrogen-bond acceptors (Lipinski definition) is 2. The SMILES string of the molecule is Cc1ccccc1COc1ccc(CCCN(C)C)cc1. The Morgan fingerprint density at radius 2 is 1.67 bits per heavy atom. The minimum absolute atomic E-state index is 0.632. The van der Waals surface area contributed by atoms with Crippen LogP contribution >= 0.6 is 0 Å². The maximum absolute atomic E-state index is 5.86. The van der Waals surface area contributed by atoms with E-state index in [0.29, 0.717) is 6.61 Å². The van der Waals surface area contributed by atoms with Gasteiger partial charge in [-0.05, 0) is 69.2 Å². The molecule has 0 N–H and O–H groups in total. The summed E-state index contributed by atoms with van der Waals surface area (Å²) in [5.74, 6) is 0.939. The Labute approximate surface area is 128 Å². The molecular weight excluding hydrogens is 258 g/mol. The lowest BCUT2D eigenvalue weighted by atomic mass is 10.1. The Morgan fingerprint density at radius 3 is 2.33 bits per heavy atom. The zero-order chi connectivity index (χ0) is 15.1. The summed E-state index contributed by atoms with van der Waals surface area (Å²) in [5.41, 5.74) is 3.89. The molecule has 0 saturated heterocycles. The molecule has 0 aliphatic rings. The molecule has 2 aromatic carbocycles. The van der Waals surface area contributed by atoms with Crippen LogP contribution in [0.5, 0.6) is 5.75 Å². The Morgan fingerprint density at radius 1 is 0.952 bits per heavy atom. The summed E-state index contributed by atoms with van der Waals surface area (Å²) in [5, 5.41) is 0. The molecule has 0 saturated carbocycles. The molecule has 0 heterocycles. The maximum atomic E-state index is 5.86. The third-order valence-electron chi connectivity index (χ3n) is 3.65. The number of rotatable bonds is 7. The topological polar surface area (TPSA) is 12.5 Å². The summed E-state index contributed by atoms with van der Waals surface area (Å²) in [6, 6.07) is 16.8. The third-order valence-corrected chi connectivity index (χ3v) is 3.65. The van der Waals surface area contributed by atoms with Crippen LogP contribution in [-0.4, -0.2) is 25.5 Å². The van der Waals surface area contributed by atoms with E-state index in [0.717, 1.165) is 18.7 Å². The van der Waals surface area contributed by atoms with E-state index in [2.05, 4.69) is 74.4 Å². The number of aryl methyl sites for hydroxylation is 2. The Hall–Kier alpha value is -1.80. The second-order valence-corrected chi connectivity index (χ2v) is 5.77. The first-order valence-electron chi connectivity index (χ1n) is 7.56. The van der Waals surface area contributed by atoms with E-state index in [1.807, 2.05) is 0 Å². The lowest BCUT2D eigenvalue weighted by Gasteiger charge is -2.10. The van der Waals surface area contributed by atoms with Crippen LogP contribution < -0.4 is 4.74 Å². The van der Waals surface area contributed by atoms with Gasteiger partial charge in [0.15, 0.2) is 0 Å². The van der Waals surface area contributed by atoms with Gasteiger partial charge in [0.25, 0.3) is 0 Å². The van der Waals surface area contributed by atoms with E-state index >= 15 is 0 Å². The van der Waals surface area contributed by atoms with Crippen molar-refractivity contribution in [1.29, 1.82) is 0 Å². The number of benzene rings is 2. The van der Waals surface area contributed by atoms with E-state index in [9.17, 15) is 0 Å². The standard InChI is InChI=1S/C19H25NO/c1-16-7-4-5-9-18(16)15-21-19-12-10-17(11-13-19)8-6-14-20(2)3/h4-5,7,9-13H,6,8,14-15H2,1-3H3. The van der Waals surface area contributed by atoms with Crippen LogP contribution in [0.4, 0.5) is 0 Å². The van der Waals surface area contributed by atoms with Crippen molar-refractivity contribution in [2.45, 2.75) is 26.4 Å². The highest BCUT2D eigenvalue weighted by Crippen LogP contribution is 2.16. The Kier molecular flexibility index (Phi) is 5.82. The van der Waals surface area contributed by atoms with Crippen molar-refractivity contribution in [2.24, 2.45) is 0 Å². The highest BCUT2D eigenvalue weighted by atomic mass is 16.5. The molecule has 0 aromatic heterocycles. The van der Waals surface area contributed by atoms with Crippen LogP contribution in [0.2, 0.25) is 0 Å². The normalized spacial score (nSPS) is 10.9. The number of ether oxygens (including phenoxy) is 1. The van der Waals surface area contributed by atoms with Crippen molar-refractivity contribution in [2.75, 3.05) is 20.6 Å². The molecule has 21 heavy (non-hydrogen) atoms. The Balaban J connectivity index is 1.84. The highest BCUT2D eigenvalue weighted by Gasteiger charge is 2.00. The zero-order valence-corrected chi connectivity index (χ0v) is 13.3. The highest BCUT2D eigenvalue weighted by molar-refractivity contribution is 5.29. The van der Waals surface area contributed by atoms with Gasteiger partial charge in [0.05, 0.1) is 0 Å². The molecule has 0 spiro atoms. The van der Waals surface area contributed by atoms with Gasteiger partial charge < -0.3 is 9.64 Å². The minimum atomic E-state index is 0.632. The largest absolute Gasteiger partial charge is 0.489 e. The van der Waals surface area contributed by atoms with E-state index in [1.54, 1.807) is 0 Å². The first kappa shape index (κ1) is 15.6. The van der Waals surface area contributed by atoms with Crippen molar-refractivity contribution >= 4 is 0 Å². The fourth-order valence-corrected chi connectivity index (χ4v) is 2.28. The molecule has 112 valence electrons. The van der Waals surface area contributed by atoms with Crippen LogP contribution in [-0.2, 0) is 13.0 Å². The average Bonchev–Trinajstić information content (AvgIpc) is 2.47. The summed E-state index contributed by atoms with van der Waals surface area (Å²) in [7, 11) is 4.23. The smallest absolute Gasteiger partial charge is 0.119 e. The van der Waals surface area contributed by atoms with Gasteiger partial charge in [0.1, 0.15) is 12.4 Å². The molecule has 0 aliphatic carbocycles. The summed E-state index contributed by atoms with van der Waals surface area (Å²) >= 11 is 0. The summed E-state index contributed by atoms with van der Waals surface area (Å²) in [6.07, 6.45) is 2.31. The molecule has 0 atom stereocenters. The van der Waals surface area contributed by atoms with Crippen molar-refractivity contribution < 1.29 is 4.74 Å². The van der Waals surface area contributed by atoms with E-state index in [-0.39, 0.29) is 0 Å². The fraction of sp³-hybridized carbons (Fsp3) is 0.368. The number of nitrogens with zero attached hydrogens (tertiary/aromatic N) is 1. The molecule has 2 rings (SSSR count). The van der Waals surface area contributed by atoms with E-state index in [4.69, 9.17) is 4.74 Å².